The van der Waals surface area contributed by atoms with Gasteiger partial charge in [-0.15, -0.1) is 23.1 Å². The lowest BCUT2D eigenvalue weighted by molar-refractivity contribution is -0.138. The monoisotopic (exact) mass is 502 g/mol. The maximum atomic E-state index is 13.3. The minimum absolute atomic E-state index is 0.258. The Hall–Kier alpha value is -3.42. The van der Waals surface area contributed by atoms with Gasteiger partial charge in [-0.05, 0) is 55.7 Å². The summed E-state index contributed by atoms with van der Waals surface area (Å²) in [5.74, 6) is -1.12. The number of anilines is 1. The molecule has 0 unspecified atom stereocenters. The maximum Gasteiger partial charge on any atom is 0.319 e. The first-order valence-electron chi connectivity index (χ1n) is 11.3. The number of aliphatic carboxylic acids is 1. The van der Waals surface area contributed by atoms with Crippen LogP contribution >= 0.6 is 23.1 Å². The number of hydrogen-bond acceptors (Lipinski definition) is 5. The zero-order chi connectivity index (χ0) is 25.0. The fourth-order valence-corrected chi connectivity index (χ4v) is 5.42. The van der Waals surface area contributed by atoms with Crippen molar-refractivity contribution in [3.05, 3.63) is 90.1 Å². The van der Waals surface area contributed by atoms with Crippen molar-refractivity contribution < 1.29 is 14.7 Å². The summed E-state index contributed by atoms with van der Waals surface area (Å²) in [6.45, 7) is 5.46. The number of nitrogens with one attached hydrogen (secondary N) is 1. The van der Waals surface area contributed by atoms with Crippen molar-refractivity contribution in [2.45, 2.75) is 36.8 Å². The van der Waals surface area contributed by atoms with E-state index in [4.69, 9.17) is 4.98 Å². The average Bonchev–Trinajstić information content (AvgIpc) is 3.31. The molecular weight excluding hydrogens is 476 g/mol. The van der Waals surface area contributed by atoms with Crippen LogP contribution in [0.25, 0.3) is 21.0 Å². The number of rotatable bonds is 8. The molecule has 0 saturated carbocycles. The first kappa shape index (κ1) is 24.7. The van der Waals surface area contributed by atoms with Crippen LogP contribution in [0.2, 0.25) is 0 Å². The predicted molar refractivity (Wildman–Crippen MR) is 144 cm³/mol. The molecule has 4 rings (SSSR count). The summed E-state index contributed by atoms with van der Waals surface area (Å²) < 4.78 is -0.927. The Morgan fingerprint density at radius 3 is 2.20 bits per heavy atom. The minimum atomic E-state index is -0.927. The van der Waals surface area contributed by atoms with Gasteiger partial charge in [-0.3, -0.25) is 9.59 Å². The number of aromatic nitrogens is 1. The normalized spacial score (nSPS) is 11.3. The van der Waals surface area contributed by atoms with Crippen LogP contribution in [0, 0.1) is 0 Å². The minimum Gasteiger partial charge on any atom is -0.480 e. The molecule has 0 spiro atoms. The van der Waals surface area contributed by atoms with E-state index in [1.54, 1.807) is 13.8 Å². The van der Waals surface area contributed by atoms with Gasteiger partial charge in [-0.25, -0.2) is 4.98 Å². The van der Waals surface area contributed by atoms with Gasteiger partial charge in [-0.1, -0.05) is 61.5 Å². The number of carboxylic acid groups (broad SMARTS) is 1. The van der Waals surface area contributed by atoms with Crippen LogP contribution in [0.3, 0.4) is 0 Å². The molecule has 1 heterocycles. The van der Waals surface area contributed by atoms with E-state index in [1.165, 1.54) is 28.7 Å². The Bertz CT molecular complexity index is 1330. The molecule has 35 heavy (non-hydrogen) atoms. The van der Waals surface area contributed by atoms with Gasteiger partial charge in [0, 0.05) is 16.1 Å². The lowest BCUT2D eigenvalue weighted by atomic mass is 10.1. The van der Waals surface area contributed by atoms with Crippen molar-refractivity contribution in [1.82, 2.24) is 4.98 Å². The number of aryl methyl sites for hydroxylation is 1. The van der Waals surface area contributed by atoms with E-state index >= 15 is 0 Å². The molecular formula is C28H26N2O3S2. The molecule has 1 aromatic heterocycles. The molecule has 0 radical (unpaired) electrons. The molecule has 0 fully saturated rings. The molecule has 1 amide bonds. The first-order chi connectivity index (χ1) is 16.8. The third-order valence-corrected chi connectivity index (χ3v) is 7.83. The molecule has 0 aliphatic rings. The van der Waals surface area contributed by atoms with E-state index in [1.807, 2.05) is 78.9 Å². The van der Waals surface area contributed by atoms with E-state index in [0.29, 0.717) is 5.69 Å². The van der Waals surface area contributed by atoms with Crippen LogP contribution in [0.1, 0.15) is 36.8 Å². The maximum absolute atomic E-state index is 13.3. The zero-order valence-electron chi connectivity index (χ0n) is 19.7. The second kappa shape index (κ2) is 10.5. The Morgan fingerprint density at radius 1 is 0.943 bits per heavy atom. The summed E-state index contributed by atoms with van der Waals surface area (Å²) in [6, 6.07) is 25.2. The van der Waals surface area contributed by atoms with Gasteiger partial charge in [0.1, 0.15) is 15.4 Å². The van der Waals surface area contributed by atoms with Crippen molar-refractivity contribution in [1.29, 1.82) is 0 Å². The van der Waals surface area contributed by atoms with E-state index < -0.39 is 10.7 Å². The van der Waals surface area contributed by atoms with E-state index in [-0.39, 0.29) is 5.91 Å². The fourth-order valence-electron chi connectivity index (χ4n) is 3.40. The topological polar surface area (TPSA) is 79.3 Å². The number of thioether (sulfide) groups is 1. The van der Waals surface area contributed by atoms with Crippen molar-refractivity contribution in [3.63, 3.8) is 0 Å². The molecule has 0 aliphatic carbocycles. The molecule has 0 bridgehead atoms. The number of hydrogen-bond donors (Lipinski definition) is 2. The summed E-state index contributed by atoms with van der Waals surface area (Å²) in [4.78, 5) is 31.1. The Balaban J connectivity index is 1.65. The molecule has 178 valence electrons. The second-order valence-electron chi connectivity index (χ2n) is 8.51. The van der Waals surface area contributed by atoms with Crippen molar-refractivity contribution in [2.75, 3.05) is 5.32 Å². The van der Waals surface area contributed by atoms with Gasteiger partial charge >= 0.3 is 5.97 Å². The smallest absolute Gasteiger partial charge is 0.319 e. The van der Waals surface area contributed by atoms with Crippen LogP contribution in [0.5, 0.6) is 0 Å². The average molecular weight is 503 g/mol. The number of carboxylic acids is 1. The highest BCUT2D eigenvalue weighted by atomic mass is 32.2. The van der Waals surface area contributed by atoms with E-state index in [9.17, 15) is 14.7 Å². The van der Waals surface area contributed by atoms with Gasteiger partial charge in [-0.2, -0.15) is 0 Å². The van der Waals surface area contributed by atoms with Gasteiger partial charge in [0.2, 0.25) is 0 Å². The number of carbonyl (C=O) groups is 2. The van der Waals surface area contributed by atoms with Crippen LogP contribution in [0.4, 0.5) is 5.69 Å². The number of amides is 1. The van der Waals surface area contributed by atoms with E-state index in [2.05, 4.69) is 12.2 Å². The zero-order valence-corrected chi connectivity index (χ0v) is 21.4. The third kappa shape index (κ3) is 5.81. The van der Waals surface area contributed by atoms with Gasteiger partial charge < -0.3 is 10.4 Å². The van der Waals surface area contributed by atoms with Crippen LogP contribution in [-0.4, -0.2) is 26.7 Å². The molecule has 7 heteroatoms. The Kier molecular flexibility index (Phi) is 7.38. The molecule has 4 aromatic rings. The fraction of sp³-hybridized carbons (Fsp3) is 0.179. The predicted octanol–water partition coefficient (Wildman–Crippen LogP) is 7.25. The summed E-state index contributed by atoms with van der Waals surface area (Å²) in [7, 11) is 0. The van der Waals surface area contributed by atoms with Crippen molar-refractivity contribution >= 4 is 40.7 Å². The summed E-state index contributed by atoms with van der Waals surface area (Å²) >= 11 is 2.75. The highest BCUT2D eigenvalue weighted by molar-refractivity contribution is 8.01. The second-order valence-corrected chi connectivity index (χ2v) is 11.2. The van der Waals surface area contributed by atoms with Crippen LogP contribution in [0.15, 0.2) is 83.8 Å². The summed E-state index contributed by atoms with van der Waals surface area (Å²) in [5, 5.41) is 13.1. The number of benzene rings is 3. The Morgan fingerprint density at radius 2 is 1.60 bits per heavy atom. The lowest BCUT2D eigenvalue weighted by Gasteiger charge is -2.18. The van der Waals surface area contributed by atoms with Crippen LogP contribution in [-0.2, 0) is 11.2 Å². The molecule has 5 nitrogen and oxygen atoms in total. The largest absolute Gasteiger partial charge is 0.480 e. The lowest BCUT2D eigenvalue weighted by Crippen LogP contribution is -2.26. The quantitative estimate of drug-likeness (QED) is 0.248. The summed E-state index contributed by atoms with van der Waals surface area (Å²) in [5.41, 5.74) is 4.11. The first-order valence-corrected chi connectivity index (χ1v) is 12.9. The molecule has 0 aliphatic heterocycles. The highest BCUT2D eigenvalue weighted by Crippen LogP contribution is 2.38. The molecule has 0 saturated heterocycles. The molecule has 3 aromatic carbocycles. The van der Waals surface area contributed by atoms with Gasteiger partial charge in [0.05, 0.1) is 4.88 Å². The van der Waals surface area contributed by atoms with Crippen LogP contribution < -0.4 is 5.32 Å². The number of thiazole rings is 1. The third-order valence-electron chi connectivity index (χ3n) is 5.49. The standard InChI is InChI=1S/C28H26N2O3S2/c1-4-18-10-14-21(15-11-18)29-25(31)23-24(19-8-6-5-7-9-19)34-26(30-23)20-12-16-22(17-13-20)35-28(2,3)27(32)33/h5-17H,4H2,1-3H3,(H,29,31)(H,32,33). The van der Waals surface area contributed by atoms with Gasteiger partial charge in [0.25, 0.3) is 5.91 Å². The molecule has 2 N–H and O–H groups in total. The number of nitrogens with zero attached hydrogens (tertiary/aromatic N) is 1. The van der Waals surface area contributed by atoms with E-state index in [0.717, 1.165) is 38.0 Å². The molecule has 0 atom stereocenters. The van der Waals surface area contributed by atoms with Crippen molar-refractivity contribution in [2.24, 2.45) is 0 Å². The Labute approximate surface area is 213 Å². The van der Waals surface area contributed by atoms with Crippen molar-refractivity contribution in [3.8, 4) is 21.0 Å². The summed E-state index contributed by atoms with van der Waals surface area (Å²) in [6.07, 6.45) is 0.937. The number of carbonyl (C=O) groups excluding carboxylic acids is 1. The SMILES string of the molecule is CCc1ccc(NC(=O)c2nc(-c3ccc(SC(C)(C)C(=O)O)cc3)sc2-c2ccccc2)cc1. The van der Waals surface area contributed by atoms with Gasteiger partial charge in [0.15, 0.2) is 0 Å². The highest BCUT2D eigenvalue weighted by Gasteiger charge is 2.28.